The zero-order chi connectivity index (χ0) is 12.5. The molecular formula is C14H19NOS2. The van der Waals surface area contributed by atoms with Gasteiger partial charge in [0.25, 0.3) is 0 Å². The van der Waals surface area contributed by atoms with Gasteiger partial charge in [0, 0.05) is 39.8 Å². The van der Waals surface area contributed by atoms with E-state index < -0.39 is 0 Å². The number of aliphatic hydroxyl groups excluding tert-OH is 1. The van der Waals surface area contributed by atoms with Gasteiger partial charge in [-0.05, 0) is 24.5 Å². The van der Waals surface area contributed by atoms with Gasteiger partial charge in [-0.2, -0.15) is 23.5 Å². The molecule has 1 aromatic rings. The number of aliphatic hydroxyl groups is 1. The molecule has 1 N–H and O–H groups in total. The summed E-state index contributed by atoms with van der Waals surface area (Å²) in [6, 6.07) is 4.16. The smallest absolute Gasteiger partial charge is 0.0753 e. The van der Waals surface area contributed by atoms with E-state index in [1.165, 1.54) is 17.1 Å². The van der Waals surface area contributed by atoms with E-state index in [4.69, 9.17) is 0 Å². The van der Waals surface area contributed by atoms with E-state index in [2.05, 4.69) is 18.0 Å². The molecule has 2 aliphatic rings. The van der Waals surface area contributed by atoms with E-state index in [-0.39, 0.29) is 12.0 Å². The highest BCUT2D eigenvalue weighted by Crippen LogP contribution is 2.41. The van der Waals surface area contributed by atoms with E-state index in [1.807, 2.05) is 35.8 Å². The predicted octanol–water partition coefficient (Wildman–Crippen LogP) is 2.71. The van der Waals surface area contributed by atoms with Crippen LogP contribution in [0.1, 0.15) is 30.5 Å². The zero-order valence-electron chi connectivity index (χ0n) is 10.6. The maximum Gasteiger partial charge on any atom is 0.0753 e. The lowest BCUT2D eigenvalue weighted by atomic mass is 9.95. The standard InChI is InChI=1S/C14H19NOS2/c1-9-14(18-8-7-17-9)13(16)11-5-4-10-3-2-6-15-12(10)11/h2-3,6,9,11,13-14,16H,4-5,7-8H2,1H3. The Morgan fingerprint density at radius 2 is 2.22 bits per heavy atom. The van der Waals surface area contributed by atoms with Crippen LogP contribution in [-0.2, 0) is 6.42 Å². The molecule has 0 saturated carbocycles. The van der Waals surface area contributed by atoms with E-state index in [0.29, 0.717) is 10.5 Å². The average Bonchev–Trinajstić information content (AvgIpc) is 2.82. The van der Waals surface area contributed by atoms with Crippen LogP contribution in [0.25, 0.3) is 0 Å². The van der Waals surface area contributed by atoms with Gasteiger partial charge in [-0.15, -0.1) is 0 Å². The molecule has 0 spiro atoms. The Labute approximate surface area is 117 Å². The average molecular weight is 281 g/mol. The van der Waals surface area contributed by atoms with Crippen molar-refractivity contribution in [2.45, 2.75) is 42.3 Å². The fourth-order valence-electron chi connectivity index (χ4n) is 3.03. The monoisotopic (exact) mass is 281 g/mol. The second kappa shape index (κ2) is 5.43. The van der Waals surface area contributed by atoms with E-state index in [0.717, 1.165) is 18.5 Å². The third-order valence-electron chi connectivity index (χ3n) is 3.99. The van der Waals surface area contributed by atoms with Crippen LogP contribution < -0.4 is 0 Å². The van der Waals surface area contributed by atoms with Crippen molar-refractivity contribution in [2.75, 3.05) is 11.5 Å². The Kier molecular flexibility index (Phi) is 3.87. The molecule has 2 nitrogen and oxygen atoms in total. The SMILES string of the molecule is CC1SCCSC1C(O)C1CCc2cccnc21. The van der Waals surface area contributed by atoms with Crippen molar-refractivity contribution < 1.29 is 5.11 Å². The molecule has 1 aromatic heterocycles. The summed E-state index contributed by atoms with van der Waals surface area (Å²) in [5.74, 6) is 2.63. The maximum atomic E-state index is 10.7. The molecule has 1 saturated heterocycles. The summed E-state index contributed by atoms with van der Waals surface area (Å²) < 4.78 is 0. The van der Waals surface area contributed by atoms with Crippen molar-refractivity contribution in [2.24, 2.45) is 0 Å². The second-order valence-corrected chi connectivity index (χ2v) is 7.87. The van der Waals surface area contributed by atoms with E-state index in [1.54, 1.807) is 0 Å². The van der Waals surface area contributed by atoms with Crippen molar-refractivity contribution in [3.63, 3.8) is 0 Å². The molecule has 4 unspecified atom stereocenters. The molecule has 0 aromatic carbocycles. The first kappa shape index (κ1) is 12.8. The Hall–Kier alpha value is -0.190. The summed E-state index contributed by atoms with van der Waals surface area (Å²) >= 11 is 3.94. The van der Waals surface area contributed by atoms with E-state index >= 15 is 0 Å². The van der Waals surface area contributed by atoms with Gasteiger partial charge in [0.1, 0.15) is 0 Å². The number of thioether (sulfide) groups is 2. The first-order valence-electron chi connectivity index (χ1n) is 6.62. The summed E-state index contributed by atoms with van der Waals surface area (Å²) in [6.45, 7) is 2.25. The molecule has 0 radical (unpaired) electrons. The molecular weight excluding hydrogens is 262 g/mol. The molecule has 1 aliphatic heterocycles. The highest BCUT2D eigenvalue weighted by atomic mass is 32.2. The predicted molar refractivity (Wildman–Crippen MR) is 79.5 cm³/mol. The summed E-state index contributed by atoms with van der Waals surface area (Å²) in [5.41, 5.74) is 2.48. The van der Waals surface area contributed by atoms with Gasteiger partial charge in [-0.1, -0.05) is 13.0 Å². The van der Waals surface area contributed by atoms with Crippen LogP contribution in [0.4, 0.5) is 0 Å². The highest BCUT2D eigenvalue weighted by molar-refractivity contribution is 8.07. The minimum absolute atomic E-state index is 0.242. The molecule has 18 heavy (non-hydrogen) atoms. The Balaban J connectivity index is 1.79. The fourth-order valence-corrected chi connectivity index (χ4v) is 5.92. The van der Waals surface area contributed by atoms with Crippen LogP contribution in [0.5, 0.6) is 0 Å². The fraction of sp³-hybridized carbons (Fsp3) is 0.643. The molecule has 4 heteroatoms. The number of aryl methyl sites for hydroxylation is 1. The van der Waals surface area contributed by atoms with Gasteiger partial charge < -0.3 is 5.11 Å². The maximum absolute atomic E-state index is 10.7. The Bertz CT molecular complexity index is 426. The summed E-state index contributed by atoms with van der Waals surface area (Å²) in [4.78, 5) is 4.51. The molecule has 3 rings (SSSR count). The summed E-state index contributed by atoms with van der Waals surface area (Å²) in [6.07, 6.45) is 3.75. The third-order valence-corrected chi connectivity index (χ3v) is 7.19. The van der Waals surface area contributed by atoms with Crippen molar-refractivity contribution in [1.29, 1.82) is 0 Å². The summed E-state index contributed by atoms with van der Waals surface area (Å²) in [7, 11) is 0. The number of rotatable bonds is 2. The van der Waals surface area contributed by atoms with Gasteiger partial charge in [-0.25, -0.2) is 0 Å². The minimum atomic E-state index is -0.242. The van der Waals surface area contributed by atoms with Crippen molar-refractivity contribution in [3.05, 3.63) is 29.6 Å². The molecule has 1 aliphatic carbocycles. The van der Waals surface area contributed by atoms with Gasteiger partial charge in [0.2, 0.25) is 0 Å². The van der Waals surface area contributed by atoms with Crippen LogP contribution >= 0.6 is 23.5 Å². The van der Waals surface area contributed by atoms with Crippen molar-refractivity contribution in [1.82, 2.24) is 4.98 Å². The number of fused-ring (bicyclic) bond motifs is 1. The molecule has 0 bridgehead atoms. The van der Waals surface area contributed by atoms with Crippen LogP contribution in [0.3, 0.4) is 0 Å². The highest BCUT2D eigenvalue weighted by Gasteiger charge is 2.38. The quantitative estimate of drug-likeness (QED) is 0.903. The minimum Gasteiger partial charge on any atom is -0.391 e. The second-order valence-electron chi connectivity index (χ2n) is 5.09. The van der Waals surface area contributed by atoms with Crippen molar-refractivity contribution in [3.8, 4) is 0 Å². The van der Waals surface area contributed by atoms with Gasteiger partial charge >= 0.3 is 0 Å². The number of hydrogen-bond donors (Lipinski definition) is 1. The van der Waals surface area contributed by atoms with Crippen LogP contribution in [0.15, 0.2) is 18.3 Å². The lowest BCUT2D eigenvalue weighted by molar-refractivity contribution is 0.138. The number of nitrogens with zero attached hydrogens (tertiary/aromatic N) is 1. The van der Waals surface area contributed by atoms with Gasteiger partial charge in [-0.3, -0.25) is 4.98 Å². The first-order valence-corrected chi connectivity index (χ1v) is 8.72. The van der Waals surface area contributed by atoms with Crippen LogP contribution in [0.2, 0.25) is 0 Å². The van der Waals surface area contributed by atoms with Gasteiger partial charge in [0.15, 0.2) is 0 Å². The number of pyridine rings is 1. The molecule has 1 fully saturated rings. The third kappa shape index (κ3) is 2.30. The number of hydrogen-bond acceptors (Lipinski definition) is 4. The van der Waals surface area contributed by atoms with Crippen molar-refractivity contribution >= 4 is 23.5 Å². The summed E-state index contributed by atoms with van der Waals surface area (Å²) in [5, 5.41) is 11.6. The van der Waals surface area contributed by atoms with Crippen LogP contribution in [-0.4, -0.2) is 38.2 Å². The topological polar surface area (TPSA) is 33.1 Å². The zero-order valence-corrected chi connectivity index (χ0v) is 12.2. The first-order chi connectivity index (χ1) is 8.77. The molecule has 98 valence electrons. The lowest BCUT2D eigenvalue weighted by Gasteiger charge is -2.34. The lowest BCUT2D eigenvalue weighted by Crippen LogP contribution is -2.38. The van der Waals surface area contributed by atoms with Crippen LogP contribution in [0, 0.1) is 0 Å². The molecule has 4 atom stereocenters. The molecule has 2 heterocycles. The largest absolute Gasteiger partial charge is 0.391 e. The Morgan fingerprint density at radius 3 is 3.06 bits per heavy atom. The molecule has 0 amide bonds. The Morgan fingerprint density at radius 1 is 1.39 bits per heavy atom. The van der Waals surface area contributed by atoms with Gasteiger partial charge in [0.05, 0.1) is 6.10 Å². The number of aromatic nitrogens is 1. The normalized spacial score (nSPS) is 33.1. The van der Waals surface area contributed by atoms with E-state index in [9.17, 15) is 5.11 Å².